The lowest BCUT2D eigenvalue weighted by molar-refractivity contribution is -0.686. The van der Waals surface area contributed by atoms with Crippen LogP contribution in [0.5, 0.6) is 11.5 Å². The molecule has 23 heavy (non-hydrogen) atoms. The van der Waals surface area contributed by atoms with Crippen molar-refractivity contribution in [1.82, 2.24) is 0 Å². The molecule has 0 aliphatic carbocycles. The highest BCUT2D eigenvalue weighted by molar-refractivity contribution is 5.75. The highest BCUT2D eigenvalue weighted by atomic mass is 19.1. The van der Waals surface area contributed by atoms with Gasteiger partial charge in [-0.05, 0) is 24.3 Å². The van der Waals surface area contributed by atoms with Crippen LogP contribution in [-0.4, -0.2) is 19.6 Å². The maximum Gasteiger partial charge on any atom is 0.255 e. The Morgan fingerprint density at radius 2 is 1.91 bits per heavy atom. The van der Waals surface area contributed by atoms with E-state index in [1.807, 2.05) is 12.1 Å². The number of carbonyl (C=O) groups is 1. The van der Waals surface area contributed by atoms with Crippen molar-refractivity contribution in [2.75, 3.05) is 13.7 Å². The first-order valence-electron chi connectivity index (χ1n) is 7.23. The molecule has 0 spiro atoms. The van der Waals surface area contributed by atoms with Crippen LogP contribution in [0.15, 0.2) is 42.5 Å². The van der Waals surface area contributed by atoms with Gasteiger partial charge in [-0.1, -0.05) is 18.2 Å². The molecule has 0 aliphatic heterocycles. The average molecular weight is 319 g/mol. The Kier molecular flexibility index (Phi) is 5.94. The lowest BCUT2D eigenvalue weighted by Crippen LogP contribution is -2.80. The van der Waals surface area contributed by atoms with Crippen LogP contribution in [0.2, 0.25) is 0 Å². The Labute approximate surface area is 134 Å². The van der Waals surface area contributed by atoms with Crippen LogP contribution in [0.3, 0.4) is 0 Å². The Hall–Kier alpha value is -2.60. The van der Waals surface area contributed by atoms with Crippen molar-refractivity contribution < 1.29 is 24.0 Å². The minimum atomic E-state index is -0.544. The molecule has 0 saturated heterocycles. The summed E-state index contributed by atoms with van der Waals surface area (Å²) in [6, 6.07) is 11.9. The number of ether oxygens (including phenoxy) is 2. The van der Waals surface area contributed by atoms with Gasteiger partial charge in [0.1, 0.15) is 18.9 Å². The maximum atomic E-state index is 12.9. The molecule has 1 amide bonds. The first-order chi connectivity index (χ1) is 11.1. The van der Waals surface area contributed by atoms with E-state index < -0.39 is 5.91 Å². The fourth-order valence-electron chi connectivity index (χ4n) is 2.20. The van der Waals surface area contributed by atoms with Gasteiger partial charge in [-0.25, -0.2) is 4.39 Å². The SMILES string of the molecule is COc1cccc(C[NH2+]Cc2ccc(F)cc2)c1OCC(N)=O. The first-order valence-corrected chi connectivity index (χ1v) is 7.23. The fourth-order valence-corrected chi connectivity index (χ4v) is 2.20. The third-order valence-electron chi connectivity index (χ3n) is 3.30. The zero-order chi connectivity index (χ0) is 16.7. The molecule has 6 heteroatoms. The molecule has 4 N–H and O–H groups in total. The number of primary amides is 1. The molecule has 2 rings (SSSR count). The van der Waals surface area contributed by atoms with E-state index in [-0.39, 0.29) is 12.4 Å². The lowest BCUT2D eigenvalue weighted by atomic mass is 10.1. The zero-order valence-corrected chi connectivity index (χ0v) is 12.9. The predicted molar refractivity (Wildman–Crippen MR) is 83.4 cm³/mol. The van der Waals surface area contributed by atoms with E-state index in [1.165, 1.54) is 12.1 Å². The highest BCUT2D eigenvalue weighted by Gasteiger charge is 2.13. The summed E-state index contributed by atoms with van der Waals surface area (Å²) < 4.78 is 23.6. The van der Waals surface area contributed by atoms with Crippen molar-refractivity contribution in [2.24, 2.45) is 5.73 Å². The van der Waals surface area contributed by atoms with E-state index in [4.69, 9.17) is 15.2 Å². The van der Waals surface area contributed by atoms with E-state index in [9.17, 15) is 9.18 Å². The summed E-state index contributed by atoms with van der Waals surface area (Å²) in [6.07, 6.45) is 0. The maximum absolute atomic E-state index is 12.9. The summed E-state index contributed by atoms with van der Waals surface area (Å²) in [4.78, 5) is 10.9. The van der Waals surface area contributed by atoms with Crippen molar-refractivity contribution in [1.29, 1.82) is 0 Å². The topological polar surface area (TPSA) is 78.2 Å². The third kappa shape index (κ3) is 4.96. The van der Waals surface area contributed by atoms with Crippen molar-refractivity contribution in [2.45, 2.75) is 13.1 Å². The molecular formula is C17H20FN2O3+. The molecule has 0 radical (unpaired) electrons. The third-order valence-corrected chi connectivity index (χ3v) is 3.30. The molecule has 0 atom stereocenters. The van der Waals surface area contributed by atoms with Crippen LogP contribution in [0, 0.1) is 5.82 Å². The van der Waals surface area contributed by atoms with Gasteiger partial charge >= 0.3 is 0 Å². The summed E-state index contributed by atoms with van der Waals surface area (Å²) in [6.45, 7) is 1.13. The smallest absolute Gasteiger partial charge is 0.255 e. The molecule has 0 heterocycles. The van der Waals surface area contributed by atoms with Crippen LogP contribution in [0.25, 0.3) is 0 Å². The molecule has 0 bridgehead atoms. The molecule has 122 valence electrons. The second-order valence-electron chi connectivity index (χ2n) is 5.03. The number of para-hydroxylation sites is 1. The number of benzene rings is 2. The predicted octanol–water partition coefficient (Wildman–Crippen LogP) is 0.962. The van der Waals surface area contributed by atoms with Crippen LogP contribution < -0.4 is 20.5 Å². The van der Waals surface area contributed by atoms with Crippen LogP contribution in [-0.2, 0) is 17.9 Å². The molecule has 0 saturated carbocycles. The first kappa shape index (κ1) is 16.8. The number of hydrogen-bond acceptors (Lipinski definition) is 3. The standard InChI is InChI=1S/C17H19FN2O3/c1-22-15-4-2-3-13(17(15)23-11-16(19)21)10-20-9-12-5-7-14(18)8-6-12/h2-8,20H,9-11H2,1H3,(H2,19,21)/p+1. The van der Waals surface area contributed by atoms with Crippen molar-refractivity contribution in [3.63, 3.8) is 0 Å². The lowest BCUT2D eigenvalue weighted by Gasteiger charge is -2.13. The van der Waals surface area contributed by atoms with Crippen LogP contribution >= 0.6 is 0 Å². The van der Waals surface area contributed by atoms with Crippen LogP contribution in [0.4, 0.5) is 4.39 Å². The second kappa shape index (κ2) is 8.14. The van der Waals surface area contributed by atoms with Crippen molar-refractivity contribution in [3.05, 3.63) is 59.4 Å². The Morgan fingerprint density at radius 3 is 2.57 bits per heavy atom. The zero-order valence-electron chi connectivity index (χ0n) is 12.9. The number of quaternary nitrogens is 1. The van der Waals surface area contributed by atoms with Crippen molar-refractivity contribution in [3.8, 4) is 11.5 Å². The second-order valence-corrected chi connectivity index (χ2v) is 5.03. The van der Waals surface area contributed by atoms with Gasteiger partial charge in [0, 0.05) is 5.56 Å². The summed E-state index contributed by atoms with van der Waals surface area (Å²) in [7, 11) is 1.54. The van der Waals surface area contributed by atoms with Gasteiger partial charge in [-0.2, -0.15) is 0 Å². The van der Waals surface area contributed by atoms with Gasteiger partial charge in [-0.3, -0.25) is 4.79 Å². The molecule has 0 aliphatic rings. The summed E-state index contributed by atoms with van der Waals surface area (Å²) in [5.41, 5.74) is 7.05. The number of hydrogen-bond donors (Lipinski definition) is 2. The van der Waals surface area contributed by atoms with E-state index in [1.54, 1.807) is 25.3 Å². The number of rotatable bonds is 8. The fraction of sp³-hybridized carbons (Fsp3) is 0.235. The van der Waals surface area contributed by atoms with Gasteiger partial charge in [0.2, 0.25) is 0 Å². The largest absolute Gasteiger partial charge is 0.493 e. The Bertz CT molecular complexity index is 659. The molecule has 0 aromatic heterocycles. The molecule has 5 nitrogen and oxygen atoms in total. The van der Waals surface area contributed by atoms with E-state index in [2.05, 4.69) is 5.32 Å². The quantitative estimate of drug-likeness (QED) is 0.761. The highest BCUT2D eigenvalue weighted by Crippen LogP contribution is 2.30. The number of carbonyl (C=O) groups excluding carboxylic acids is 1. The summed E-state index contributed by atoms with van der Waals surface area (Å²) in [5, 5.41) is 2.05. The Balaban J connectivity index is 2.03. The van der Waals surface area contributed by atoms with Crippen LogP contribution in [0.1, 0.15) is 11.1 Å². The minimum absolute atomic E-state index is 0.203. The molecule has 2 aromatic carbocycles. The summed E-state index contributed by atoms with van der Waals surface area (Å²) >= 11 is 0. The summed E-state index contributed by atoms with van der Waals surface area (Å²) in [5.74, 6) is 0.281. The van der Waals surface area contributed by atoms with E-state index >= 15 is 0 Å². The number of methoxy groups -OCH3 is 1. The van der Waals surface area contributed by atoms with Crippen molar-refractivity contribution >= 4 is 5.91 Å². The van der Waals surface area contributed by atoms with E-state index in [0.29, 0.717) is 24.6 Å². The molecule has 2 aromatic rings. The minimum Gasteiger partial charge on any atom is -0.493 e. The van der Waals surface area contributed by atoms with Gasteiger partial charge in [0.05, 0.1) is 12.7 Å². The van der Waals surface area contributed by atoms with Gasteiger partial charge in [-0.15, -0.1) is 0 Å². The van der Waals surface area contributed by atoms with Gasteiger partial charge < -0.3 is 20.5 Å². The number of nitrogens with two attached hydrogens (primary N) is 2. The molecule has 0 unspecified atom stereocenters. The molecular weight excluding hydrogens is 299 g/mol. The van der Waals surface area contributed by atoms with Gasteiger partial charge in [0.25, 0.3) is 5.91 Å². The number of halogens is 1. The molecule has 0 fully saturated rings. The monoisotopic (exact) mass is 319 g/mol. The van der Waals surface area contributed by atoms with E-state index in [0.717, 1.165) is 11.1 Å². The Morgan fingerprint density at radius 1 is 1.17 bits per heavy atom. The van der Waals surface area contributed by atoms with Gasteiger partial charge in [0.15, 0.2) is 18.1 Å². The normalized spacial score (nSPS) is 10.3. The number of amides is 1. The average Bonchev–Trinajstić information content (AvgIpc) is 2.55.